The molecular formula is C23H21N3O3S. The van der Waals surface area contributed by atoms with Crippen LogP contribution in [-0.4, -0.2) is 23.5 Å². The molecule has 0 bridgehead atoms. The lowest BCUT2D eigenvalue weighted by atomic mass is 10.1. The lowest BCUT2D eigenvalue weighted by Gasteiger charge is -2.12. The molecule has 3 aromatic rings. The first-order chi connectivity index (χ1) is 14.5. The number of ether oxygens (including phenoxy) is 1. The van der Waals surface area contributed by atoms with Gasteiger partial charge in [-0.1, -0.05) is 60.2 Å². The second-order valence-electron chi connectivity index (χ2n) is 6.50. The van der Waals surface area contributed by atoms with Gasteiger partial charge < -0.3 is 4.74 Å². The molecule has 3 aromatic carbocycles. The highest BCUT2D eigenvalue weighted by atomic mass is 32.1. The Morgan fingerprint density at radius 3 is 2.27 bits per heavy atom. The van der Waals surface area contributed by atoms with Gasteiger partial charge in [-0.15, -0.1) is 0 Å². The van der Waals surface area contributed by atoms with Crippen LogP contribution in [-0.2, 0) is 4.79 Å². The van der Waals surface area contributed by atoms with E-state index >= 15 is 0 Å². The van der Waals surface area contributed by atoms with E-state index in [-0.39, 0.29) is 17.6 Å². The monoisotopic (exact) mass is 419 g/mol. The number of amides is 2. The van der Waals surface area contributed by atoms with Crippen molar-refractivity contribution in [1.82, 2.24) is 16.2 Å². The summed E-state index contributed by atoms with van der Waals surface area (Å²) in [5.41, 5.74) is 8.48. The van der Waals surface area contributed by atoms with Gasteiger partial charge in [0.2, 0.25) is 0 Å². The number of rotatable bonds is 5. The minimum atomic E-state index is -0.436. The molecule has 0 unspecified atom stereocenters. The Hall–Kier alpha value is -3.71. The smallest absolute Gasteiger partial charge is 0.276 e. The van der Waals surface area contributed by atoms with E-state index in [9.17, 15) is 9.59 Å². The van der Waals surface area contributed by atoms with Gasteiger partial charge in [-0.25, -0.2) is 0 Å². The molecule has 2 amide bonds. The van der Waals surface area contributed by atoms with Crippen LogP contribution in [0.25, 0.3) is 11.1 Å². The molecule has 0 atom stereocenters. The molecule has 3 N–H and O–H groups in total. The molecule has 7 heteroatoms. The summed E-state index contributed by atoms with van der Waals surface area (Å²) in [6, 6.07) is 24.5. The second kappa shape index (κ2) is 10.2. The lowest BCUT2D eigenvalue weighted by molar-refractivity contribution is -0.123. The third kappa shape index (κ3) is 6.15. The van der Waals surface area contributed by atoms with Crippen LogP contribution in [0.3, 0.4) is 0 Å². The zero-order chi connectivity index (χ0) is 21.3. The first kappa shape index (κ1) is 21.0. The quantitative estimate of drug-likeness (QED) is 0.437. The molecule has 0 aliphatic rings. The third-order valence-electron chi connectivity index (χ3n) is 4.15. The summed E-state index contributed by atoms with van der Waals surface area (Å²) in [7, 11) is 0. The van der Waals surface area contributed by atoms with Crippen LogP contribution >= 0.6 is 12.2 Å². The van der Waals surface area contributed by atoms with Crippen LogP contribution in [0.1, 0.15) is 15.9 Å². The molecule has 0 aliphatic carbocycles. The molecule has 0 spiro atoms. The number of hydrogen-bond donors (Lipinski definition) is 3. The molecule has 152 valence electrons. The normalized spacial score (nSPS) is 10.0. The number of hydrazine groups is 1. The summed E-state index contributed by atoms with van der Waals surface area (Å²) in [6.07, 6.45) is 0. The van der Waals surface area contributed by atoms with E-state index in [1.54, 1.807) is 30.3 Å². The number of hydrogen-bond acceptors (Lipinski definition) is 4. The molecule has 0 radical (unpaired) electrons. The van der Waals surface area contributed by atoms with E-state index < -0.39 is 5.91 Å². The number of benzene rings is 3. The Balaban J connectivity index is 1.41. The number of thiocarbonyl (C=S) groups is 1. The van der Waals surface area contributed by atoms with Crippen LogP contribution in [0.15, 0.2) is 78.9 Å². The molecule has 0 saturated carbocycles. The van der Waals surface area contributed by atoms with E-state index in [2.05, 4.69) is 16.2 Å². The SMILES string of the molecule is Cc1cccc(C(=O)NC(=S)NNC(=O)COc2ccc(-c3ccccc3)cc2)c1. The average Bonchev–Trinajstić information content (AvgIpc) is 2.77. The molecule has 0 saturated heterocycles. The standard InChI is InChI=1S/C23H21N3O3S/c1-16-6-5-9-19(14-16)22(28)24-23(30)26-25-21(27)15-29-20-12-10-18(11-13-20)17-7-3-2-4-8-17/h2-14H,15H2,1H3,(H,25,27)(H2,24,26,28,30). The molecule has 0 heterocycles. The topological polar surface area (TPSA) is 79.5 Å². The molecular weight excluding hydrogens is 398 g/mol. The summed E-state index contributed by atoms with van der Waals surface area (Å²) in [6.45, 7) is 1.69. The van der Waals surface area contributed by atoms with Crippen molar-refractivity contribution in [3.63, 3.8) is 0 Å². The van der Waals surface area contributed by atoms with Crippen molar-refractivity contribution >= 4 is 29.1 Å². The number of carbonyl (C=O) groups is 2. The second-order valence-corrected chi connectivity index (χ2v) is 6.91. The van der Waals surface area contributed by atoms with E-state index in [0.717, 1.165) is 16.7 Å². The Morgan fingerprint density at radius 2 is 1.57 bits per heavy atom. The highest BCUT2D eigenvalue weighted by Gasteiger charge is 2.09. The Morgan fingerprint density at radius 1 is 0.867 bits per heavy atom. The summed E-state index contributed by atoms with van der Waals surface area (Å²) in [5.74, 6) is -0.227. The maximum absolute atomic E-state index is 12.1. The molecule has 3 rings (SSSR count). The molecule has 0 fully saturated rings. The predicted octanol–water partition coefficient (Wildman–Crippen LogP) is 3.38. The molecule has 6 nitrogen and oxygen atoms in total. The minimum absolute atomic E-state index is 0.0120. The minimum Gasteiger partial charge on any atom is -0.484 e. The maximum Gasteiger partial charge on any atom is 0.276 e. The van der Waals surface area contributed by atoms with Crippen molar-refractivity contribution in [1.29, 1.82) is 0 Å². The fourth-order valence-electron chi connectivity index (χ4n) is 2.68. The Kier molecular flexibility index (Phi) is 7.13. The van der Waals surface area contributed by atoms with Gasteiger partial charge in [-0.05, 0) is 54.5 Å². The van der Waals surface area contributed by atoms with Crippen LogP contribution in [0.5, 0.6) is 5.75 Å². The number of carbonyl (C=O) groups excluding carboxylic acids is 2. The first-order valence-corrected chi connectivity index (χ1v) is 9.67. The fraction of sp³-hybridized carbons (Fsp3) is 0.0870. The van der Waals surface area contributed by atoms with Crippen LogP contribution < -0.4 is 20.9 Å². The van der Waals surface area contributed by atoms with Gasteiger partial charge >= 0.3 is 0 Å². The van der Waals surface area contributed by atoms with Gasteiger partial charge in [0.15, 0.2) is 11.7 Å². The number of nitrogens with one attached hydrogen (secondary N) is 3. The summed E-state index contributed by atoms with van der Waals surface area (Å²) in [5, 5.41) is 2.49. The van der Waals surface area contributed by atoms with E-state index in [4.69, 9.17) is 17.0 Å². The van der Waals surface area contributed by atoms with Gasteiger partial charge in [-0.2, -0.15) is 0 Å². The predicted molar refractivity (Wildman–Crippen MR) is 120 cm³/mol. The first-order valence-electron chi connectivity index (χ1n) is 9.26. The summed E-state index contributed by atoms with van der Waals surface area (Å²) in [4.78, 5) is 24.1. The summed E-state index contributed by atoms with van der Waals surface area (Å²) >= 11 is 5.02. The zero-order valence-corrected chi connectivity index (χ0v) is 17.2. The maximum atomic E-state index is 12.1. The van der Waals surface area contributed by atoms with Crippen LogP contribution in [0, 0.1) is 6.92 Å². The van der Waals surface area contributed by atoms with Crippen LogP contribution in [0.4, 0.5) is 0 Å². The van der Waals surface area contributed by atoms with Crippen molar-refractivity contribution in [2.45, 2.75) is 6.92 Å². The van der Waals surface area contributed by atoms with Crippen molar-refractivity contribution < 1.29 is 14.3 Å². The summed E-state index contributed by atoms with van der Waals surface area (Å²) < 4.78 is 5.47. The van der Waals surface area contributed by atoms with Crippen molar-refractivity contribution in [3.8, 4) is 16.9 Å². The van der Waals surface area contributed by atoms with E-state index in [0.29, 0.717) is 11.3 Å². The van der Waals surface area contributed by atoms with Crippen molar-refractivity contribution in [2.24, 2.45) is 0 Å². The zero-order valence-electron chi connectivity index (χ0n) is 16.3. The Bertz CT molecular complexity index is 1040. The average molecular weight is 420 g/mol. The fourth-order valence-corrected chi connectivity index (χ4v) is 2.82. The molecule has 0 aliphatic heterocycles. The Labute approximate surface area is 180 Å². The number of aryl methyl sites for hydroxylation is 1. The van der Waals surface area contributed by atoms with Gasteiger partial charge in [0, 0.05) is 5.56 Å². The third-order valence-corrected chi connectivity index (χ3v) is 4.36. The largest absolute Gasteiger partial charge is 0.484 e. The highest BCUT2D eigenvalue weighted by molar-refractivity contribution is 7.80. The van der Waals surface area contributed by atoms with Gasteiger partial charge in [-0.3, -0.25) is 25.8 Å². The van der Waals surface area contributed by atoms with Gasteiger partial charge in [0.1, 0.15) is 5.75 Å². The molecule has 30 heavy (non-hydrogen) atoms. The lowest BCUT2D eigenvalue weighted by Crippen LogP contribution is -2.49. The van der Waals surface area contributed by atoms with Gasteiger partial charge in [0.25, 0.3) is 11.8 Å². The van der Waals surface area contributed by atoms with E-state index in [1.807, 2.05) is 55.5 Å². The van der Waals surface area contributed by atoms with Gasteiger partial charge in [0.05, 0.1) is 0 Å². The van der Waals surface area contributed by atoms with E-state index in [1.165, 1.54) is 0 Å². The van der Waals surface area contributed by atoms with Crippen LogP contribution in [0.2, 0.25) is 0 Å². The van der Waals surface area contributed by atoms with Crippen molar-refractivity contribution in [3.05, 3.63) is 90.0 Å². The molecule has 0 aromatic heterocycles. The van der Waals surface area contributed by atoms with Crippen molar-refractivity contribution in [2.75, 3.05) is 6.61 Å². The highest BCUT2D eigenvalue weighted by Crippen LogP contribution is 2.21.